The van der Waals surface area contributed by atoms with Crippen molar-refractivity contribution >= 4 is 0 Å². The number of hydrogen-bond donors (Lipinski definition) is 0. The smallest absolute Gasteiger partial charge is 0.00367 e. The van der Waals surface area contributed by atoms with Crippen LogP contribution in [0.3, 0.4) is 0 Å². The van der Waals surface area contributed by atoms with E-state index in [0.29, 0.717) is 5.92 Å². The maximum absolute atomic E-state index is 2.32. The van der Waals surface area contributed by atoms with Gasteiger partial charge in [0.15, 0.2) is 0 Å². The van der Waals surface area contributed by atoms with Crippen LogP contribution in [0.25, 0.3) is 0 Å². The van der Waals surface area contributed by atoms with Gasteiger partial charge in [-0.05, 0) is 23.5 Å². The lowest BCUT2D eigenvalue weighted by atomic mass is 9.87. The fourth-order valence-electron chi connectivity index (χ4n) is 1.92. The molecule has 0 amide bonds. The minimum Gasteiger partial charge on any atom is -0.0773 e. The second kappa shape index (κ2) is 4.29. The molecule has 0 unspecified atom stereocenters. The summed E-state index contributed by atoms with van der Waals surface area (Å²) in [5.41, 5.74) is 2.86. The summed E-state index contributed by atoms with van der Waals surface area (Å²) in [5, 5.41) is 0. The predicted molar refractivity (Wildman–Crippen MR) is 71.1 cm³/mol. The molecule has 0 aromatic rings. The van der Waals surface area contributed by atoms with Crippen molar-refractivity contribution in [2.75, 3.05) is 0 Å². The fraction of sp³-hybridized carbons (Fsp3) is 0.375. The topological polar surface area (TPSA) is 0 Å². The van der Waals surface area contributed by atoms with Gasteiger partial charge in [-0.15, -0.1) is 0 Å². The summed E-state index contributed by atoms with van der Waals surface area (Å²) in [4.78, 5) is 0. The van der Waals surface area contributed by atoms with Crippen LogP contribution < -0.4 is 0 Å². The van der Waals surface area contributed by atoms with Gasteiger partial charge in [0, 0.05) is 5.41 Å². The van der Waals surface area contributed by atoms with Crippen LogP contribution in [-0.4, -0.2) is 0 Å². The molecule has 2 aliphatic carbocycles. The quantitative estimate of drug-likeness (QED) is 0.596. The van der Waals surface area contributed by atoms with Gasteiger partial charge in [-0.1, -0.05) is 69.4 Å². The van der Waals surface area contributed by atoms with Crippen molar-refractivity contribution in [2.24, 2.45) is 11.3 Å². The molecule has 0 fully saturated rings. The molecule has 0 aromatic carbocycles. The average Bonchev–Trinajstić information content (AvgIpc) is 2.55. The highest BCUT2D eigenvalue weighted by atomic mass is 14.2. The van der Waals surface area contributed by atoms with Crippen molar-refractivity contribution < 1.29 is 0 Å². The molecule has 16 heavy (non-hydrogen) atoms. The second-order valence-corrected chi connectivity index (χ2v) is 5.01. The van der Waals surface area contributed by atoms with Gasteiger partial charge in [-0.3, -0.25) is 0 Å². The Bertz CT molecular complexity index is 379. The van der Waals surface area contributed by atoms with Crippen LogP contribution in [0, 0.1) is 11.3 Å². The molecule has 0 N–H and O–H groups in total. The zero-order valence-electron chi connectivity index (χ0n) is 10.4. The van der Waals surface area contributed by atoms with E-state index in [1.54, 1.807) is 0 Å². The second-order valence-electron chi connectivity index (χ2n) is 5.01. The molecular weight excluding hydrogens is 192 g/mol. The normalized spacial score (nSPS) is 23.2. The first-order valence-corrected chi connectivity index (χ1v) is 6.12. The Balaban J connectivity index is 2.38. The molecule has 0 atom stereocenters. The summed E-state index contributed by atoms with van der Waals surface area (Å²) in [6, 6.07) is 0. The number of rotatable bonds is 1. The van der Waals surface area contributed by atoms with Crippen molar-refractivity contribution in [1.29, 1.82) is 0 Å². The lowest BCUT2D eigenvalue weighted by molar-refractivity contribution is 0.531. The van der Waals surface area contributed by atoms with Crippen LogP contribution in [0.4, 0.5) is 0 Å². The Morgan fingerprint density at radius 1 is 1.00 bits per heavy atom. The van der Waals surface area contributed by atoms with E-state index in [4.69, 9.17) is 0 Å². The van der Waals surface area contributed by atoms with Gasteiger partial charge in [0.05, 0.1) is 0 Å². The van der Waals surface area contributed by atoms with E-state index >= 15 is 0 Å². The van der Waals surface area contributed by atoms with Crippen molar-refractivity contribution in [3.63, 3.8) is 0 Å². The highest BCUT2D eigenvalue weighted by molar-refractivity contribution is 5.51. The van der Waals surface area contributed by atoms with Gasteiger partial charge in [-0.2, -0.15) is 0 Å². The fourth-order valence-corrected chi connectivity index (χ4v) is 1.92. The highest BCUT2D eigenvalue weighted by Gasteiger charge is 2.16. The lowest BCUT2D eigenvalue weighted by Crippen LogP contribution is -2.06. The molecule has 0 heterocycles. The van der Waals surface area contributed by atoms with E-state index in [0.717, 1.165) is 6.42 Å². The molecule has 0 saturated carbocycles. The predicted octanol–water partition coefficient (Wildman–Crippen LogP) is 4.59. The van der Waals surface area contributed by atoms with Crippen molar-refractivity contribution in [3.8, 4) is 0 Å². The van der Waals surface area contributed by atoms with E-state index < -0.39 is 0 Å². The number of allylic oxidation sites excluding steroid dienone is 10. The Labute approximate surface area is 98.8 Å². The summed E-state index contributed by atoms with van der Waals surface area (Å²) in [7, 11) is 0. The minimum atomic E-state index is 0.208. The van der Waals surface area contributed by atoms with E-state index in [1.165, 1.54) is 11.1 Å². The van der Waals surface area contributed by atoms with Crippen LogP contribution in [0.2, 0.25) is 0 Å². The minimum absolute atomic E-state index is 0.208. The lowest BCUT2D eigenvalue weighted by Gasteiger charge is -2.18. The molecule has 0 heteroatoms. The largest absolute Gasteiger partial charge is 0.0773 e. The van der Waals surface area contributed by atoms with Gasteiger partial charge < -0.3 is 0 Å². The van der Waals surface area contributed by atoms with Crippen molar-refractivity contribution in [1.82, 2.24) is 0 Å². The molecule has 0 aromatic heterocycles. The molecule has 0 bridgehead atoms. The van der Waals surface area contributed by atoms with Crippen LogP contribution in [0.15, 0.2) is 59.8 Å². The van der Waals surface area contributed by atoms with E-state index in [1.807, 2.05) is 0 Å². The zero-order valence-corrected chi connectivity index (χ0v) is 10.4. The van der Waals surface area contributed by atoms with Gasteiger partial charge in [-0.25, -0.2) is 0 Å². The van der Waals surface area contributed by atoms with Crippen LogP contribution in [-0.2, 0) is 0 Å². The SMILES string of the molecule is CCC1(C)C=CC2=C(C=CC(C)C=C2)C=C1. The third-order valence-corrected chi connectivity index (χ3v) is 3.54. The molecule has 2 rings (SSSR count). The Hall–Kier alpha value is -1.30. The maximum atomic E-state index is 2.32. The van der Waals surface area contributed by atoms with Crippen molar-refractivity contribution in [3.05, 3.63) is 59.8 Å². The van der Waals surface area contributed by atoms with Crippen LogP contribution >= 0.6 is 0 Å². The molecule has 2 aliphatic rings. The summed E-state index contributed by atoms with van der Waals surface area (Å²) < 4.78 is 0. The third kappa shape index (κ3) is 2.27. The summed E-state index contributed by atoms with van der Waals surface area (Å²) in [6.45, 7) is 6.73. The van der Waals surface area contributed by atoms with Crippen LogP contribution in [0.1, 0.15) is 27.2 Å². The molecule has 0 radical (unpaired) electrons. The van der Waals surface area contributed by atoms with Gasteiger partial charge in [0.25, 0.3) is 0 Å². The third-order valence-electron chi connectivity index (χ3n) is 3.54. The van der Waals surface area contributed by atoms with E-state index in [2.05, 4.69) is 69.4 Å². The summed E-state index contributed by atoms with van der Waals surface area (Å²) in [6.07, 6.45) is 19.3. The zero-order chi connectivity index (χ0) is 11.6. The molecule has 0 aliphatic heterocycles. The number of hydrogen-bond acceptors (Lipinski definition) is 0. The Morgan fingerprint density at radius 3 is 1.94 bits per heavy atom. The first-order chi connectivity index (χ1) is 7.63. The monoisotopic (exact) mass is 212 g/mol. The first kappa shape index (κ1) is 11.2. The van der Waals surface area contributed by atoms with Gasteiger partial charge >= 0.3 is 0 Å². The highest BCUT2D eigenvalue weighted by Crippen LogP contribution is 2.31. The first-order valence-electron chi connectivity index (χ1n) is 6.12. The Kier molecular flexibility index (Phi) is 3.00. The van der Waals surface area contributed by atoms with E-state index in [-0.39, 0.29) is 5.41 Å². The molecule has 0 saturated heterocycles. The Morgan fingerprint density at radius 2 is 1.50 bits per heavy atom. The summed E-state index contributed by atoms with van der Waals surface area (Å²) >= 11 is 0. The average molecular weight is 212 g/mol. The van der Waals surface area contributed by atoms with Gasteiger partial charge in [0.2, 0.25) is 0 Å². The van der Waals surface area contributed by atoms with Gasteiger partial charge in [0.1, 0.15) is 0 Å². The maximum Gasteiger partial charge on any atom is 0.00367 e. The van der Waals surface area contributed by atoms with E-state index in [9.17, 15) is 0 Å². The van der Waals surface area contributed by atoms with Crippen molar-refractivity contribution in [2.45, 2.75) is 27.2 Å². The summed E-state index contributed by atoms with van der Waals surface area (Å²) in [5.74, 6) is 0.534. The molecule has 0 spiro atoms. The van der Waals surface area contributed by atoms with Crippen LogP contribution in [0.5, 0.6) is 0 Å². The molecule has 84 valence electrons. The standard InChI is InChI=1S/C16H20/c1-4-16(3)11-9-14-7-5-13(2)6-8-15(14)10-12-16/h5-13H,4H2,1-3H3. The molecule has 0 nitrogen and oxygen atoms in total. The molecular formula is C16H20.